The van der Waals surface area contributed by atoms with Crippen LogP contribution < -0.4 is 0 Å². The predicted molar refractivity (Wildman–Crippen MR) is 42.5 cm³/mol. The number of nitrogens with zero attached hydrogens (tertiary/aromatic N) is 3. The van der Waals surface area contributed by atoms with Crippen molar-refractivity contribution >= 4 is 16.3 Å². The van der Waals surface area contributed by atoms with Gasteiger partial charge in [0.25, 0.3) is 0 Å². The van der Waals surface area contributed by atoms with Crippen molar-refractivity contribution < 1.29 is 0 Å². The van der Waals surface area contributed by atoms with Gasteiger partial charge in [0, 0.05) is 11.1 Å². The van der Waals surface area contributed by atoms with Gasteiger partial charge in [-0.05, 0) is 6.92 Å². The van der Waals surface area contributed by atoms with E-state index in [1.165, 1.54) is 4.88 Å². The first kappa shape index (κ1) is 6.38. The number of rotatable bonds is 0. The Balaban J connectivity index is 2.86. The molecule has 0 aromatic carbocycles. The Morgan fingerprint density at radius 1 is 1.73 bits per heavy atom. The van der Waals surface area contributed by atoms with Crippen molar-refractivity contribution in [3.8, 4) is 6.07 Å². The van der Waals surface area contributed by atoms with Crippen LogP contribution in [0, 0.1) is 18.3 Å². The van der Waals surface area contributed by atoms with E-state index in [1.807, 2.05) is 13.1 Å². The van der Waals surface area contributed by atoms with E-state index in [9.17, 15) is 0 Å². The molecular formula is C7H5N3S. The molecule has 0 saturated carbocycles. The van der Waals surface area contributed by atoms with Gasteiger partial charge in [-0.3, -0.25) is 4.40 Å². The smallest absolute Gasteiger partial charge is 0.194 e. The Kier molecular flexibility index (Phi) is 1.20. The maximum Gasteiger partial charge on any atom is 0.194 e. The molecule has 0 aliphatic rings. The van der Waals surface area contributed by atoms with Gasteiger partial charge in [0.05, 0.1) is 6.20 Å². The van der Waals surface area contributed by atoms with Crippen LogP contribution in [-0.2, 0) is 0 Å². The molecule has 0 aliphatic heterocycles. The zero-order chi connectivity index (χ0) is 7.84. The molecule has 2 aromatic heterocycles. The lowest BCUT2D eigenvalue weighted by atomic mass is 10.5. The number of thiazole rings is 1. The summed E-state index contributed by atoms with van der Waals surface area (Å²) < 4.78 is 1.81. The van der Waals surface area contributed by atoms with E-state index in [-0.39, 0.29) is 0 Å². The quantitative estimate of drug-likeness (QED) is 0.591. The van der Waals surface area contributed by atoms with Gasteiger partial charge in [-0.1, -0.05) is 0 Å². The highest BCUT2D eigenvalue weighted by Gasteiger charge is 2.03. The first-order chi connectivity index (χ1) is 5.31. The third-order valence-corrected chi connectivity index (χ3v) is 2.35. The third-order valence-electron chi connectivity index (χ3n) is 1.44. The summed E-state index contributed by atoms with van der Waals surface area (Å²) in [7, 11) is 0. The van der Waals surface area contributed by atoms with E-state index in [2.05, 4.69) is 11.1 Å². The number of aryl methyl sites for hydroxylation is 1. The summed E-state index contributed by atoms with van der Waals surface area (Å²) in [6, 6.07) is 2.07. The van der Waals surface area contributed by atoms with Crippen LogP contribution in [0.4, 0.5) is 0 Å². The van der Waals surface area contributed by atoms with Crippen molar-refractivity contribution in [2.24, 2.45) is 0 Å². The van der Waals surface area contributed by atoms with Crippen molar-refractivity contribution in [3.05, 3.63) is 23.0 Å². The van der Waals surface area contributed by atoms with E-state index in [4.69, 9.17) is 5.26 Å². The van der Waals surface area contributed by atoms with Gasteiger partial charge in [0.15, 0.2) is 4.96 Å². The van der Waals surface area contributed by atoms with Gasteiger partial charge in [-0.2, -0.15) is 5.26 Å². The molecule has 2 rings (SSSR count). The Bertz CT molecular complexity index is 432. The number of imidazole rings is 1. The SMILES string of the molecule is Cc1cn2c(C#N)cnc2s1. The molecule has 0 bridgehead atoms. The van der Waals surface area contributed by atoms with Gasteiger partial charge >= 0.3 is 0 Å². The van der Waals surface area contributed by atoms with Crippen LogP contribution >= 0.6 is 11.3 Å². The highest BCUT2D eigenvalue weighted by atomic mass is 32.1. The van der Waals surface area contributed by atoms with Crippen LogP contribution in [-0.4, -0.2) is 9.38 Å². The minimum atomic E-state index is 0.601. The molecule has 0 amide bonds. The number of fused-ring (bicyclic) bond motifs is 1. The lowest BCUT2D eigenvalue weighted by Gasteiger charge is -1.80. The highest BCUT2D eigenvalue weighted by molar-refractivity contribution is 7.16. The van der Waals surface area contributed by atoms with Gasteiger partial charge in [0.1, 0.15) is 11.8 Å². The van der Waals surface area contributed by atoms with Gasteiger partial charge < -0.3 is 0 Å². The summed E-state index contributed by atoms with van der Waals surface area (Å²) in [5, 5.41) is 8.63. The highest BCUT2D eigenvalue weighted by Crippen LogP contribution is 2.16. The minimum Gasteiger partial charge on any atom is -0.281 e. The van der Waals surface area contributed by atoms with Crippen LogP contribution in [0.3, 0.4) is 0 Å². The summed E-state index contributed by atoms with van der Waals surface area (Å²) in [6.07, 6.45) is 3.51. The molecule has 2 aromatic rings. The minimum absolute atomic E-state index is 0.601. The van der Waals surface area contributed by atoms with Crippen molar-refractivity contribution in [1.29, 1.82) is 5.26 Å². The van der Waals surface area contributed by atoms with Gasteiger partial charge in [-0.15, -0.1) is 11.3 Å². The summed E-state index contributed by atoms with van der Waals surface area (Å²) in [4.78, 5) is 6.13. The number of hydrogen-bond acceptors (Lipinski definition) is 3. The number of hydrogen-bond donors (Lipinski definition) is 0. The molecule has 0 atom stereocenters. The molecule has 0 saturated heterocycles. The first-order valence-electron chi connectivity index (χ1n) is 3.15. The molecule has 2 heterocycles. The van der Waals surface area contributed by atoms with Crippen molar-refractivity contribution in [1.82, 2.24) is 9.38 Å². The fourth-order valence-electron chi connectivity index (χ4n) is 0.979. The largest absolute Gasteiger partial charge is 0.281 e. The molecule has 0 N–H and O–H groups in total. The molecule has 0 fully saturated rings. The summed E-state index contributed by atoms with van der Waals surface area (Å²) in [5.41, 5.74) is 0.601. The molecule has 11 heavy (non-hydrogen) atoms. The van der Waals surface area contributed by atoms with Crippen LogP contribution in [0.2, 0.25) is 0 Å². The number of nitriles is 1. The Morgan fingerprint density at radius 3 is 3.27 bits per heavy atom. The van der Waals surface area contributed by atoms with Crippen molar-refractivity contribution in [3.63, 3.8) is 0 Å². The normalized spacial score (nSPS) is 10.2. The maximum absolute atomic E-state index is 8.63. The molecule has 54 valence electrons. The average molecular weight is 163 g/mol. The Labute approximate surface area is 67.5 Å². The molecule has 0 spiro atoms. The first-order valence-corrected chi connectivity index (χ1v) is 3.96. The monoisotopic (exact) mass is 163 g/mol. The molecule has 0 aliphatic carbocycles. The summed E-state index contributed by atoms with van der Waals surface area (Å²) in [5.74, 6) is 0. The van der Waals surface area contributed by atoms with E-state index in [0.29, 0.717) is 5.69 Å². The van der Waals surface area contributed by atoms with Gasteiger partial charge in [-0.25, -0.2) is 4.98 Å². The van der Waals surface area contributed by atoms with E-state index >= 15 is 0 Å². The lowest BCUT2D eigenvalue weighted by Crippen LogP contribution is -1.79. The topological polar surface area (TPSA) is 41.1 Å². The lowest BCUT2D eigenvalue weighted by molar-refractivity contribution is 1.18. The van der Waals surface area contributed by atoms with Crippen LogP contribution in [0.25, 0.3) is 4.96 Å². The zero-order valence-electron chi connectivity index (χ0n) is 5.90. The van der Waals surface area contributed by atoms with E-state index in [0.717, 1.165) is 4.96 Å². The second-order valence-corrected chi connectivity index (χ2v) is 3.46. The fraction of sp³-hybridized carbons (Fsp3) is 0.143. The van der Waals surface area contributed by atoms with Crippen LogP contribution in [0.5, 0.6) is 0 Å². The van der Waals surface area contributed by atoms with E-state index < -0.39 is 0 Å². The Hall–Kier alpha value is -1.34. The van der Waals surface area contributed by atoms with Crippen molar-refractivity contribution in [2.75, 3.05) is 0 Å². The Morgan fingerprint density at radius 2 is 2.55 bits per heavy atom. The van der Waals surface area contributed by atoms with Crippen LogP contribution in [0.15, 0.2) is 12.4 Å². The number of aromatic nitrogens is 2. The summed E-state index contributed by atoms with van der Waals surface area (Å²) >= 11 is 1.59. The van der Waals surface area contributed by atoms with Crippen LogP contribution in [0.1, 0.15) is 10.6 Å². The molecule has 0 radical (unpaired) electrons. The average Bonchev–Trinajstić information content (AvgIpc) is 2.45. The summed E-state index contributed by atoms with van der Waals surface area (Å²) in [6.45, 7) is 2.00. The third kappa shape index (κ3) is 0.819. The molecule has 4 heteroatoms. The predicted octanol–water partition coefficient (Wildman–Crippen LogP) is 1.58. The molecule has 3 nitrogen and oxygen atoms in total. The van der Waals surface area contributed by atoms with Gasteiger partial charge in [0.2, 0.25) is 0 Å². The van der Waals surface area contributed by atoms with Crippen molar-refractivity contribution in [2.45, 2.75) is 6.92 Å². The second-order valence-electron chi connectivity index (χ2n) is 2.25. The maximum atomic E-state index is 8.63. The standard InChI is InChI=1S/C7H5N3S/c1-5-4-10-6(2-8)3-9-7(10)11-5/h3-4H,1H3. The van der Waals surface area contributed by atoms with E-state index in [1.54, 1.807) is 21.9 Å². The fourth-order valence-corrected chi connectivity index (χ4v) is 1.78. The molecular weight excluding hydrogens is 158 g/mol. The second kappa shape index (κ2) is 2.07. The zero-order valence-corrected chi connectivity index (χ0v) is 6.72. The molecule has 0 unspecified atom stereocenters.